The van der Waals surface area contributed by atoms with E-state index >= 15 is 0 Å². The van der Waals surface area contributed by atoms with Crippen LogP contribution < -0.4 is 4.74 Å². The number of ether oxygens (including phenoxy) is 1. The zero-order chi connectivity index (χ0) is 24.6. The molecule has 0 atom stereocenters. The highest BCUT2D eigenvalue weighted by Gasteiger charge is 2.29. The van der Waals surface area contributed by atoms with Gasteiger partial charge in [0, 0.05) is 23.3 Å². The van der Waals surface area contributed by atoms with Gasteiger partial charge in [-0.3, -0.25) is 9.59 Å². The highest BCUT2D eigenvalue weighted by molar-refractivity contribution is 6.15. The number of likely N-dealkylation sites (N-methyl/N-ethyl adjacent to an activating group) is 1. The fraction of sp³-hybridized carbons (Fsp3) is 0.200. The number of hydrogen-bond acceptors (Lipinski definition) is 4. The molecule has 0 spiro atoms. The lowest BCUT2D eigenvalue weighted by atomic mass is 9.93. The van der Waals surface area contributed by atoms with Gasteiger partial charge in [0.1, 0.15) is 12.4 Å². The van der Waals surface area contributed by atoms with Gasteiger partial charge in [-0.05, 0) is 61.6 Å². The first kappa shape index (κ1) is 24.2. The summed E-state index contributed by atoms with van der Waals surface area (Å²) in [6.07, 6.45) is 3.75. The molecule has 178 valence electrons. The van der Waals surface area contributed by atoms with Crippen molar-refractivity contribution in [1.82, 2.24) is 9.80 Å². The van der Waals surface area contributed by atoms with E-state index in [0.29, 0.717) is 23.3 Å². The van der Waals surface area contributed by atoms with E-state index in [1.807, 2.05) is 99.0 Å². The number of carbonyl (C=O) groups is 2. The lowest BCUT2D eigenvalue weighted by molar-refractivity contribution is -0.113. The number of benzene rings is 3. The summed E-state index contributed by atoms with van der Waals surface area (Å²) in [5.74, 6) is 0.591. The minimum Gasteiger partial charge on any atom is -0.492 e. The maximum absolute atomic E-state index is 13.4. The number of Topliss-reactive ketones (excluding diaryl/α,β-unsaturated/α-hetero) is 1. The van der Waals surface area contributed by atoms with Crippen LogP contribution in [0.2, 0.25) is 0 Å². The predicted molar refractivity (Wildman–Crippen MR) is 140 cm³/mol. The predicted octanol–water partition coefficient (Wildman–Crippen LogP) is 4.82. The van der Waals surface area contributed by atoms with Crippen LogP contribution in [0.3, 0.4) is 0 Å². The smallest absolute Gasteiger partial charge is 0.254 e. The third kappa shape index (κ3) is 6.55. The number of carbonyl (C=O) groups excluding carboxylic acids is 2. The Kier molecular flexibility index (Phi) is 7.91. The molecule has 3 aromatic carbocycles. The normalized spacial score (nSPS) is 16.2. The Bertz CT molecular complexity index is 1150. The molecule has 1 heterocycles. The Morgan fingerprint density at radius 2 is 1.34 bits per heavy atom. The van der Waals surface area contributed by atoms with Gasteiger partial charge >= 0.3 is 0 Å². The molecule has 1 amide bonds. The van der Waals surface area contributed by atoms with Crippen molar-refractivity contribution in [2.24, 2.45) is 0 Å². The number of rotatable bonds is 7. The summed E-state index contributed by atoms with van der Waals surface area (Å²) < 4.78 is 5.75. The van der Waals surface area contributed by atoms with Gasteiger partial charge in [0.25, 0.3) is 5.91 Å². The third-order valence-electron chi connectivity index (χ3n) is 5.78. The summed E-state index contributed by atoms with van der Waals surface area (Å²) in [5.41, 5.74) is 3.63. The molecule has 4 rings (SSSR count). The van der Waals surface area contributed by atoms with Crippen LogP contribution in [-0.4, -0.2) is 61.8 Å². The maximum atomic E-state index is 13.4. The maximum Gasteiger partial charge on any atom is 0.254 e. The summed E-state index contributed by atoms with van der Waals surface area (Å²) in [7, 11) is 3.99. The summed E-state index contributed by atoms with van der Waals surface area (Å²) in [6, 6.07) is 26.6. The van der Waals surface area contributed by atoms with Gasteiger partial charge in [-0.2, -0.15) is 0 Å². The van der Waals surface area contributed by atoms with Crippen LogP contribution in [0, 0.1) is 0 Å². The molecule has 1 fully saturated rings. The molecule has 0 saturated carbocycles. The molecule has 1 aliphatic heterocycles. The standard InChI is InChI=1S/C30H30N2O3/c1-31(2)17-18-35-28-15-13-25(14-16-28)30(34)32-21-26(19-23-9-5-3-6-10-23)29(33)27(22-32)20-24-11-7-4-8-12-24/h3-16,19-20H,17-18,21-22H2,1-2H3/b26-19+,27-20+. The van der Waals surface area contributed by atoms with E-state index in [1.54, 1.807) is 17.0 Å². The molecule has 3 aromatic rings. The third-order valence-corrected chi connectivity index (χ3v) is 5.78. The highest BCUT2D eigenvalue weighted by atomic mass is 16.5. The molecule has 5 heteroatoms. The van der Waals surface area contributed by atoms with Gasteiger partial charge in [-0.15, -0.1) is 0 Å². The van der Waals surface area contributed by atoms with Crippen LogP contribution in [-0.2, 0) is 4.79 Å². The lowest BCUT2D eigenvalue weighted by Gasteiger charge is -2.30. The highest BCUT2D eigenvalue weighted by Crippen LogP contribution is 2.24. The Morgan fingerprint density at radius 1 is 0.829 bits per heavy atom. The lowest BCUT2D eigenvalue weighted by Crippen LogP contribution is -2.41. The van der Waals surface area contributed by atoms with Crippen molar-refractivity contribution in [2.75, 3.05) is 40.3 Å². The second kappa shape index (κ2) is 11.4. The van der Waals surface area contributed by atoms with Crippen molar-refractivity contribution in [3.8, 4) is 5.75 Å². The first-order valence-electron chi connectivity index (χ1n) is 11.7. The van der Waals surface area contributed by atoms with Gasteiger partial charge in [0.05, 0.1) is 13.1 Å². The van der Waals surface area contributed by atoms with E-state index < -0.39 is 0 Å². The Hall–Kier alpha value is -3.96. The van der Waals surface area contributed by atoms with Crippen molar-refractivity contribution in [3.63, 3.8) is 0 Å². The average Bonchev–Trinajstić information content (AvgIpc) is 2.87. The van der Waals surface area contributed by atoms with E-state index in [0.717, 1.165) is 23.4 Å². The van der Waals surface area contributed by atoms with E-state index in [9.17, 15) is 9.59 Å². The fourth-order valence-corrected chi connectivity index (χ4v) is 3.91. The molecular weight excluding hydrogens is 436 g/mol. The molecule has 0 bridgehead atoms. The summed E-state index contributed by atoms with van der Waals surface area (Å²) in [4.78, 5) is 30.5. The SMILES string of the molecule is CN(C)CCOc1ccc(C(=O)N2C/C(=C\c3ccccc3)C(=O)/C(=C/c3ccccc3)C2)cc1. The molecule has 0 radical (unpaired) electrons. The van der Waals surface area contributed by atoms with E-state index in [4.69, 9.17) is 4.74 Å². The van der Waals surface area contributed by atoms with Crippen LogP contribution in [0.25, 0.3) is 12.2 Å². The van der Waals surface area contributed by atoms with Crippen LogP contribution in [0.1, 0.15) is 21.5 Å². The molecule has 5 nitrogen and oxygen atoms in total. The number of piperidine rings is 1. The second-order valence-electron chi connectivity index (χ2n) is 8.83. The number of ketones is 1. The van der Waals surface area contributed by atoms with E-state index in [1.165, 1.54) is 0 Å². The summed E-state index contributed by atoms with van der Waals surface area (Å²) in [6.45, 7) is 1.92. The van der Waals surface area contributed by atoms with Gasteiger partial charge in [0.2, 0.25) is 0 Å². The van der Waals surface area contributed by atoms with Crippen LogP contribution >= 0.6 is 0 Å². The quantitative estimate of drug-likeness (QED) is 0.469. The topological polar surface area (TPSA) is 49.9 Å². The molecule has 0 unspecified atom stereocenters. The van der Waals surface area contributed by atoms with Crippen molar-refractivity contribution in [3.05, 3.63) is 113 Å². The van der Waals surface area contributed by atoms with Crippen LogP contribution in [0.4, 0.5) is 0 Å². The van der Waals surface area contributed by atoms with Crippen LogP contribution in [0.15, 0.2) is 96.1 Å². The van der Waals surface area contributed by atoms with E-state index in [-0.39, 0.29) is 24.8 Å². The van der Waals surface area contributed by atoms with Crippen LogP contribution in [0.5, 0.6) is 5.75 Å². The van der Waals surface area contributed by atoms with E-state index in [2.05, 4.69) is 4.90 Å². The monoisotopic (exact) mass is 466 g/mol. The van der Waals surface area contributed by atoms with Crippen molar-refractivity contribution >= 4 is 23.8 Å². The molecule has 1 aliphatic rings. The van der Waals surface area contributed by atoms with Crippen molar-refractivity contribution in [2.45, 2.75) is 0 Å². The molecule has 0 aromatic heterocycles. The molecule has 1 saturated heterocycles. The molecule has 35 heavy (non-hydrogen) atoms. The number of nitrogens with zero attached hydrogens (tertiary/aromatic N) is 2. The Labute approximate surface area is 206 Å². The summed E-state index contributed by atoms with van der Waals surface area (Å²) >= 11 is 0. The Morgan fingerprint density at radius 3 is 1.83 bits per heavy atom. The molecular formula is C30H30N2O3. The zero-order valence-corrected chi connectivity index (χ0v) is 20.2. The number of likely N-dealkylation sites (tertiary alicyclic amines) is 1. The van der Waals surface area contributed by atoms with Gasteiger partial charge in [-0.25, -0.2) is 0 Å². The van der Waals surface area contributed by atoms with Gasteiger partial charge < -0.3 is 14.5 Å². The van der Waals surface area contributed by atoms with Gasteiger partial charge in [-0.1, -0.05) is 60.7 Å². The van der Waals surface area contributed by atoms with Crippen molar-refractivity contribution in [1.29, 1.82) is 0 Å². The van der Waals surface area contributed by atoms with Crippen molar-refractivity contribution < 1.29 is 14.3 Å². The first-order valence-corrected chi connectivity index (χ1v) is 11.7. The summed E-state index contributed by atoms with van der Waals surface area (Å²) in [5, 5.41) is 0. The minimum atomic E-state index is -0.115. The fourth-order valence-electron chi connectivity index (χ4n) is 3.91. The average molecular weight is 467 g/mol. The number of hydrogen-bond donors (Lipinski definition) is 0. The second-order valence-corrected chi connectivity index (χ2v) is 8.83. The zero-order valence-electron chi connectivity index (χ0n) is 20.2. The largest absolute Gasteiger partial charge is 0.492 e. The molecule has 0 N–H and O–H groups in total. The Balaban J connectivity index is 1.58. The minimum absolute atomic E-state index is 0.0219. The first-order chi connectivity index (χ1) is 17.0. The van der Waals surface area contributed by atoms with Gasteiger partial charge in [0.15, 0.2) is 5.78 Å². The number of amides is 1. The molecule has 0 aliphatic carbocycles.